The van der Waals surface area contributed by atoms with Crippen LogP contribution >= 0.6 is 11.8 Å². The highest BCUT2D eigenvalue weighted by molar-refractivity contribution is 7.99. The molecule has 1 N–H and O–H groups in total. The first-order valence-corrected chi connectivity index (χ1v) is 9.64. The predicted octanol–water partition coefficient (Wildman–Crippen LogP) is 3.87. The number of carboxylic acids is 1. The van der Waals surface area contributed by atoms with Crippen molar-refractivity contribution in [2.24, 2.45) is 11.3 Å². The van der Waals surface area contributed by atoms with Gasteiger partial charge in [0.25, 0.3) is 0 Å². The fourth-order valence-corrected chi connectivity index (χ4v) is 5.09. The van der Waals surface area contributed by atoms with Crippen molar-refractivity contribution >= 4 is 17.7 Å². The zero-order valence-electron chi connectivity index (χ0n) is 13.8. The van der Waals surface area contributed by atoms with Gasteiger partial charge in [-0.1, -0.05) is 27.2 Å². The monoisotopic (exact) mass is 313 g/mol. The Morgan fingerprint density at radius 2 is 1.95 bits per heavy atom. The molecule has 0 bridgehead atoms. The van der Waals surface area contributed by atoms with Gasteiger partial charge in [0.2, 0.25) is 0 Å². The van der Waals surface area contributed by atoms with E-state index < -0.39 is 5.97 Å². The van der Waals surface area contributed by atoms with Crippen molar-refractivity contribution in [3.63, 3.8) is 0 Å². The quantitative estimate of drug-likeness (QED) is 0.836. The van der Waals surface area contributed by atoms with Crippen LogP contribution in [0.2, 0.25) is 0 Å². The molecule has 0 radical (unpaired) electrons. The summed E-state index contributed by atoms with van der Waals surface area (Å²) in [5.74, 6) is 2.35. The number of carbonyl (C=O) groups is 1. The molecule has 1 saturated heterocycles. The zero-order valence-corrected chi connectivity index (χ0v) is 14.6. The molecule has 0 aromatic carbocycles. The van der Waals surface area contributed by atoms with E-state index in [4.69, 9.17) is 5.11 Å². The van der Waals surface area contributed by atoms with Crippen LogP contribution in [0.5, 0.6) is 0 Å². The molecule has 1 aliphatic heterocycles. The number of hydrogen-bond donors (Lipinski definition) is 1. The van der Waals surface area contributed by atoms with E-state index in [0.29, 0.717) is 17.9 Å². The van der Waals surface area contributed by atoms with E-state index in [2.05, 4.69) is 25.7 Å². The summed E-state index contributed by atoms with van der Waals surface area (Å²) in [4.78, 5) is 13.6. The molecule has 2 rings (SSSR count). The number of nitrogens with zero attached hydrogens (tertiary/aromatic N) is 1. The molecule has 21 heavy (non-hydrogen) atoms. The molecule has 2 fully saturated rings. The van der Waals surface area contributed by atoms with Gasteiger partial charge in [-0.25, -0.2) is 0 Å². The maximum absolute atomic E-state index is 11.1. The summed E-state index contributed by atoms with van der Waals surface area (Å²) in [6.45, 7) is 8.19. The van der Waals surface area contributed by atoms with Crippen molar-refractivity contribution < 1.29 is 9.90 Å². The maximum atomic E-state index is 11.1. The fourth-order valence-electron chi connectivity index (χ4n) is 4.00. The molecule has 4 heteroatoms. The zero-order chi connectivity index (χ0) is 15.5. The summed E-state index contributed by atoms with van der Waals surface area (Å²) in [6.07, 6.45) is 6.71. The molecule has 122 valence electrons. The molecule has 1 atom stereocenters. The number of hydrogen-bond acceptors (Lipinski definition) is 3. The molecule has 1 unspecified atom stereocenters. The molecule has 1 saturated carbocycles. The van der Waals surface area contributed by atoms with Gasteiger partial charge >= 0.3 is 5.97 Å². The number of carboxylic acid groups (broad SMARTS) is 1. The van der Waals surface area contributed by atoms with Crippen molar-refractivity contribution in [3.8, 4) is 0 Å². The summed E-state index contributed by atoms with van der Waals surface area (Å²) in [7, 11) is 0. The van der Waals surface area contributed by atoms with E-state index >= 15 is 0 Å². The first kappa shape index (κ1) is 17.1. The Kier molecular flexibility index (Phi) is 6.01. The van der Waals surface area contributed by atoms with E-state index in [1.165, 1.54) is 32.1 Å². The Labute approximate surface area is 133 Å². The Hall–Kier alpha value is -0.220. The van der Waals surface area contributed by atoms with Gasteiger partial charge in [0.1, 0.15) is 0 Å². The predicted molar refractivity (Wildman–Crippen MR) is 89.9 cm³/mol. The van der Waals surface area contributed by atoms with Gasteiger partial charge in [-0.05, 0) is 37.0 Å². The van der Waals surface area contributed by atoms with Crippen molar-refractivity contribution in [1.82, 2.24) is 4.90 Å². The van der Waals surface area contributed by atoms with E-state index in [-0.39, 0.29) is 6.04 Å². The highest BCUT2D eigenvalue weighted by atomic mass is 32.2. The van der Waals surface area contributed by atoms with E-state index in [0.717, 1.165) is 24.0 Å². The average Bonchev–Trinajstić information content (AvgIpc) is 2.47. The summed E-state index contributed by atoms with van der Waals surface area (Å²) in [6, 6.07) is 0.876. The van der Waals surface area contributed by atoms with E-state index in [9.17, 15) is 4.79 Å². The molecule has 3 nitrogen and oxygen atoms in total. The highest BCUT2D eigenvalue weighted by Gasteiger charge is 2.36. The van der Waals surface area contributed by atoms with Gasteiger partial charge in [0, 0.05) is 30.1 Å². The minimum Gasteiger partial charge on any atom is -0.481 e. The van der Waals surface area contributed by atoms with Crippen LogP contribution in [0.15, 0.2) is 0 Å². The molecule has 1 aliphatic carbocycles. The second kappa shape index (κ2) is 7.36. The standard InChI is InChI=1S/C17H31NO2S/c1-4-17(2,3)13-5-7-14(8-6-13)18-9-10-21-12-15(18)11-16(19)20/h13-15H,4-12H2,1-3H3,(H,19,20). The van der Waals surface area contributed by atoms with Gasteiger partial charge in [0.15, 0.2) is 0 Å². The number of rotatable bonds is 5. The second-order valence-corrected chi connectivity index (χ2v) is 8.56. The van der Waals surface area contributed by atoms with Crippen molar-refractivity contribution in [1.29, 1.82) is 0 Å². The minimum atomic E-state index is -0.645. The topological polar surface area (TPSA) is 40.5 Å². The Balaban J connectivity index is 1.92. The lowest BCUT2D eigenvalue weighted by atomic mass is 9.68. The molecule has 0 aromatic rings. The van der Waals surface area contributed by atoms with Crippen LogP contribution in [-0.2, 0) is 4.79 Å². The number of thioether (sulfide) groups is 1. The average molecular weight is 314 g/mol. The molecular formula is C17H31NO2S. The summed E-state index contributed by atoms with van der Waals surface area (Å²) in [5.41, 5.74) is 0.461. The lowest BCUT2D eigenvalue weighted by Crippen LogP contribution is -2.50. The normalized spacial score (nSPS) is 32.0. The molecule has 0 spiro atoms. The van der Waals surface area contributed by atoms with Crippen LogP contribution in [0, 0.1) is 11.3 Å². The number of aliphatic carboxylic acids is 1. The fraction of sp³-hybridized carbons (Fsp3) is 0.941. The lowest BCUT2D eigenvalue weighted by Gasteiger charge is -2.46. The smallest absolute Gasteiger partial charge is 0.304 e. The van der Waals surface area contributed by atoms with Gasteiger partial charge < -0.3 is 5.11 Å². The third-order valence-corrected chi connectivity index (χ3v) is 6.96. The Morgan fingerprint density at radius 3 is 2.52 bits per heavy atom. The van der Waals surface area contributed by atoms with Crippen LogP contribution < -0.4 is 0 Å². The van der Waals surface area contributed by atoms with Crippen LogP contribution in [0.3, 0.4) is 0 Å². The maximum Gasteiger partial charge on any atom is 0.304 e. The Bertz CT molecular complexity index is 351. The third kappa shape index (κ3) is 4.38. The molecule has 1 heterocycles. The first-order valence-electron chi connectivity index (χ1n) is 8.49. The summed E-state index contributed by atoms with van der Waals surface area (Å²) >= 11 is 1.92. The molecular weight excluding hydrogens is 282 g/mol. The highest BCUT2D eigenvalue weighted by Crippen LogP contribution is 2.42. The van der Waals surface area contributed by atoms with Crippen LogP contribution in [-0.4, -0.2) is 46.1 Å². The minimum absolute atomic E-state index is 0.252. The van der Waals surface area contributed by atoms with Crippen molar-refractivity contribution in [2.45, 2.75) is 71.4 Å². The molecule has 2 aliphatic rings. The van der Waals surface area contributed by atoms with Crippen LogP contribution in [0.4, 0.5) is 0 Å². The third-order valence-electron chi connectivity index (χ3n) is 5.87. The summed E-state index contributed by atoms with van der Waals surface area (Å²) in [5, 5.41) is 9.13. The van der Waals surface area contributed by atoms with Gasteiger partial charge in [-0.15, -0.1) is 0 Å². The second-order valence-electron chi connectivity index (χ2n) is 7.41. The SMILES string of the molecule is CCC(C)(C)C1CCC(N2CCSCC2CC(=O)O)CC1. The van der Waals surface area contributed by atoms with Crippen LogP contribution in [0.1, 0.15) is 59.3 Å². The van der Waals surface area contributed by atoms with Gasteiger partial charge in [-0.2, -0.15) is 11.8 Å². The molecule has 0 aromatic heterocycles. The van der Waals surface area contributed by atoms with Gasteiger partial charge in [0.05, 0.1) is 6.42 Å². The van der Waals surface area contributed by atoms with Crippen molar-refractivity contribution in [2.75, 3.05) is 18.1 Å². The largest absolute Gasteiger partial charge is 0.481 e. The first-order chi connectivity index (χ1) is 9.94. The van der Waals surface area contributed by atoms with E-state index in [1.807, 2.05) is 11.8 Å². The summed E-state index contributed by atoms with van der Waals surface area (Å²) < 4.78 is 0. The van der Waals surface area contributed by atoms with Crippen molar-refractivity contribution in [3.05, 3.63) is 0 Å². The Morgan fingerprint density at radius 1 is 1.29 bits per heavy atom. The molecule has 0 amide bonds. The van der Waals surface area contributed by atoms with Crippen LogP contribution in [0.25, 0.3) is 0 Å². The lowest BCUT2D eigenvalue weighted by molar-refractivity contribution is -0.138. The van der Waals surface area contributed by atoms with E-state index in [1.54, 1.807) is 0 Å². The van der Waals surface area contributed by atoms with Gasteiger partial charge in [-0.3, -0.25) is 9.69 Å².